The van der Waals surface area contributed by atoms with E-state index in [1.165, 1.54) is 11.1 Å². The third-order valence-corrected chi connectivity index (χ3v) is 4.78. The van der Waals surface area contributed by atoms with Crippen molar-refractivity contribution in [2.24, 2.45) is 11.3 Å². The minimum atomic E-state index is -0.740. The van der Waals surface area contributed by atoms with Gasteiger partial charge >= 0.3 is 0 Å². The molecule has 0 aromatic heterocycles. The summed E-state index contributed by atoms with van der Waals surface area (Å²) < 4.78 is 0. The number of nitriles is 2. The van der Waals surface area contributed by atoms with Crippen LogP contribution in [0.15, 0.2) is 24.3 Å². The lowest BCUT2D eigenvalue weighted by Crippen LogP contribution is -2.38. The molecule has 0 N–H and O–H groups in total. The van der Waals surface area contributed by atoms with Crippen LogP contribution in [0.2, 0.25) is 0 Å². The number of hydrogen-bond acceptors (Lipinski definition) is 2. The van der Waals surface area contributed by atoms with Gasteiger partial charge in [0.25, 0.3) is 0 Å². The van der Waals surface area contributed by atoms with Gasteiger partial charge in [-0.25, -0.2) is 0 Å². The Morgan fingerprint density at radius 1 is 1.11 bits per heavy atom. The molecule has 0 radical (unpaired) electrons. The van der Waals surface area contributed by atoms with Crippen molar-refractivity contribution < 1.29 is 0 Å². The molecule has 1 saturated carbocycles. The summed E-state index contributed by atoms with van der Waals surface area (Å²) in [6.45, 7) is 0. The van der Waals surface area contributed by atoms with Gasteiger partial charge in [0, 0.05) is 0 Å². The van der Waals surface area contributed by atoms with E-state index in [4.69, 9.17) is 0 Å². The van der Waals surface area contributed by atoms with E-state index >= 15 is 0 Å². The van der Waals surface area contributed by atoms with Crippen LogP contribution >= 0.6 is 0 Å². The number of nitrogens with zero attached hydrogens (tertiary/aromatic N) is 2. The van der Waals surface area contributed by atoms with Gasteiger partial charge in [-0.1, -0.05) is 30.7 Å². The molecule has 0 saturated heterocycles. The van der Waals surface area contributed by atoms with Gasteiger partial charge in [-0.15, -0.1) is 0 Å². The van der Waals surface area contributed by atoms with Crippen LogP contribution in [-0.2, 0) is 6.42 Å². The Morgan fingerprint density at radius 3 is 2.67 bits per heavy atom. The van der Waals surface area contributed by atoms with E-state index in [0.29, 0.717) is 5.92 Å². The Morgan fingerprint density at radius 2 is 1.89 bits per heavy atom. The summed E-state index contributed by atoms with van der Waals surface area (Å²) in [5.41, 5.74) is 2.07. The molecule has 0 aliphatic heterocycles. The summed E-state index contributed by atoms with van der Waals surface area (Å²) in [5.74, 6) is 0.652. The zero-order chi connectivity index (χ0) is 12.6. The van der Waals surface area contributed by atoms with Crippen LogP contribution < -0.4 is 0 Å². The first-order valence-corrected chi connectivity index (χ1v) is 6.71. The molecule has 0 bridgehead atoms. The molecule has 0 amide bonds. The van der Waals surface area contributed by atoms with Crippen molar-refractivity contribution in [1.82, 2.24) is 0 Å². The molecule has 90 valence electrons. The Labute approximate surface area is 108 Å². The van der Waals surface area contributed by atoms with Gasteiger partial charge in [0.1, 0.15) is 5.41 Å². The van der Waals surface area contributed by atoms with Crippen molar-refractivity contribution in [2.75, 3.05) is 0 Å². The number of benzene rings is 1. The molecule has 18 heavy (non-hydrogen) atoms. The third-order valence-electron chi connectivity index (χ3n) is 4.78. The van der Waals surface area contributed by atoms with Crippen LogP contribution in [0.4, 0.5) is 0 Å². The molecule has 2 atom stereocenters. The molecular formula is C16H16N2. The maximum Gasteiger partial charge on any atom is 0.147 e. The fourth-order valence-corrected chi connectivity index (χ4v) is 3.89. The molecule has 2 aliphatic rings. The van der Waals surface area contributed by atoms with Crippen molar-refractivity contribution >= 4 is 0 Å². The summed E-state index contributed by atoms with van der Waals surface area (Å²) in [6, 6.07) is 13.2. The minimum absolute atomic E-state index is 0.233. The predicted octanol–water partition coefficient (Wildman–Crippen LogP) is 3.55. The first-order chi connectivity index (χ1) is 8.80. The van der Waals surface area contributed by atoms with E-state index in [-0.39, 0.29) is 5.92 Å². The fourth-order valence-electron chi connectivity index (χ4n) is 3.89. The van der Waals surface area contributed by atoms with Gasteiger partial charge in [-0.2, -0.15) is 10.5 Å². The molecule has 0 spiro atoms. The van der Waals surface area contributed by atoms with E-state index in [1.54, 1.807) is 0 Å². The zero-order valence-corrected chi connectivity index (χ0v) is 10.4. The quantitative estimate of drug-likeness (QED) is 0.691. The predicted molar refractivity (Wildman–Crippen MR) is 68.5 cm³/mol. The second-order valence-electron chi connectivity index (χ2n) is 5.54. The molecular weight excluding hydrogens is 220 g/mol. The van der Waals surface area contributed by atoms with Gasteiger partial charge in [0.15, 0.2) is 0 Å². The van der Waals surface area contributed by atoms with Crippen molar-refractivity contribution in [2.45, 2.75) is 38.0 Å². The normalized spacial score (nSPS) is 28.3. The van der Waals surface area contributed by atoms with Crippen molar-refractivity contribution in [1.29, 1.82) is 10.5 Å². The highest BCUT2D eigenvalue weighted by Gasteiger charge is 2.48. The number of fused-ring (bicyclic) bond motifs is 3. The summed E-state index contributed by atoms with van der Waals surface area (Å²) in [6.07, 6.45) is 4.89. The number of hydrogen-bond donors (Lipinski definition) is 0. The van der Waals surface area contributed by atoms with E-state index in [2.05, 4.69) is 36.4 Å². The number of rotatable bonds is 0. The van der Waals surface area contributed by atoms with Crippen molar-refractivity contribution in [3.63, 3.8) is 0 Å². The molecule has 0 heterocycles. The van der Waals surface area contributed by atoms with E-state index in [9.17, 15) is 10.5 Å². The second-order valence-corrected chi connectivity index (χ2v) is 5.54. The van der Waals surface area contributed by atoms with E-state index in [1.807, 2.05) is 0 Å². The van der Waals surface area contributed by atoms with Crippen LogP contribution in [-0.4, -0.2) is 0 Å². The Hall–Kier alpha value is -1.80. The monoisotopic (exact) mass is 236 g/mol. The summed E-state index contributed by atoms with van der Waals surface area (Å²) in [5, 5.41) is 18.9. The minimum Gasteiger partial charge on any atom is -0.197 e. The van der Waals surface area contributed by atoms with Gasteiger partial charge in [-0.3, -0.25) is 0 Å². The van der Waals surface area contributed by atoms with Crippen LogP contribution in [0.1, 0.15) is 42.7 Å². The summed E-state index contributed by atoms with van der Waals surface area (Å²) in [7, 11) is 0. The topological polar surface area (TPSA) is 47.6 Å². The maximum atomic E-state index is 9.46. The highest BCUT2D eigenvalue weighted by atomic mass is 14.5. The first-order valence-electron chi connectivity index (χ1n) is 6.71. The highest BCUT2D eigenvalue weighted by Crippen LogP contribution is 2.53. The van der Waals surface area contributed by atoms with Gasteiger partial charge in [-0.05, 0) is 48.6 Å². The SMILES string of the molecule is N#CC1(C#N)CCC[C@@H]2c3ccccc3CC[C@H]21. The highest BCUT2D eigenvalue weighted by molar-refractivity contribution is 5.37. The van der Waals surface area contributed by atoms with Crippen LogP contribution in [0.5, 0.6) is 0 Å². The van der Waals surface area contributed by atoms with Crippen LogP contribution in [0.3, 0.4) is 0 Å². The average molecular weight is 236 g/mol. The summed E-state index contributed by atoms with van der Waals surface area (Å²) >= 11 is 0. The fraction of sp³-hybridized carbons (Fsp3) is 0.500. The molecule has 2 nitrogen and oxygen atoms in total. The van der Waals surface area contributed by atoms with Crippen molar-refractivity contribution in [3.05, 3.63) is 35.4 Å². The molecule has 1 fully saturated rings. The van der Waals surface area contributed by atoms with Crippen molar-refractivity contribution in [3.8, 4) is 12.1 Å². The van der Waals surface area contributed by atoms with Gasteiger partial charge in [0.2, 0.25) is 0 Å². The third kappa shape index (κ3) is 1.46. The van der Waals surface area contributed by atoms with Crippen LogP contribution in [0.25, 0.3) is 0 Å². The van der Waals surface area contributed by atoms with Crippen LogP contribution in [0, 0.1) is 34.0 Å². The molecule has 2 aliphatic carbocycles. The smallest absolute Gasteiger partial charge is 0.147 e. The van der Waals surface area contributed by atoms with Gasteiger partial charge < -0.3 is 0 Å². The second kappa shape index (κ2) is 4.14. The molecule has 2 heteroatoms. The van der Waals surface area contributed by atoms with Gasteiger partial charge in [0.05, 0.1) is 12.1 Å². The largest absolute Gasteiger partial charge is 0.197 e. The Balaban J connectivity index is 2.06. The molecule has 1 aromatic carbocycles. The number of aryl methyl sites for hydroxylation is 1. The summed E-state index contributed by atoms with van der Waals surface area (Å²) in [4.78, 5) is 0. The molecule has 0 unspecified atom stereocenters. The zero-order valence-electron chi connectivity index (χ0n) is 10.4. The Kier molecular flexibility index (Phi) is 2.60. The first kappa shape index (κ1) is 11.3. The maximum absolute atomic E-state index is 9.46. The van der Waals surface area contributed by atoms with E-state index < -0.39 is 5.41 Å². The van der Waals surface area contributed by atoms with E-state index in [0.717, 1.165) is 32.1 Å². The molecule has 3 rings (SSSR count). The average Bonchev–Trinajstić information content (AvgIpc) is 2.46. The lowest BCUT2D eigenvalue weighted by molar-refractivity contribution is 0.166. The standard InChI is InChI=1S/C16H16N2/c17-10-16(11-18)9-3-6-14-13-5-2-1-4-12(13)7-8-15(14)16/h1-2,4-5,14-15H,3,6-9H2/t14-,15-/m1/s1. The lowest BCUT2D eigenvalue weighted by atomic mass is 9.57. The Bertz CT molecular complexity index is 533. The molecule has 1 aromatic rings. The lowest BCUT2D eigenvalue weighted by Gasteiger charge is -2.43.